The molecule has 1 aliphatic heterocycles. The number of hydrogen-bond donors (Lipinski definition) is 1. The first kappa shape index (κ1) is 12.3. The van der Waals surface area contributed by atoms with Crippen LogP contribution in [0.2, 0.25) is 0 Å². The Labute approximate surface area is 113 Å². The molecule has 100 valence electrons. The number of para-hydroxylation sites is 1. The van der Waals surface area contributed by atoms with Gasteiger partial charge in [-0.3, -0.25) is 4.79 Å². The summed E-state index contributed by atoms with van der Waals surface area (Å²) in [5.41, 5.74) is 1.74. The van der Waals surface area contributed by atoms with Crippen LogP contribution in [0.15, 0.2) is 30.3 Å². The molecule has 19 heavy (non-hydrogen) atoms. The average Bonchev–Trinajstić information content (AvgIpc) is 2.85. The van der Waals surface area contributed by atoms with E-state index in [0.29, 0.717) is 17.5 Å². The molecule has 0 radical (unpaired) electrons. The Kier molecular flexibility index (Phi) is 3.05. The van der Waals surface area contributed by atoms with Gasteiger partial charge in [-0.1, -0.05) is 32.0 Å². The first-order valence-electron chi connectivity index (χ1n) is 7.02. The van der Waals surface area contributed by atoms with Crippen molar-refractivity contribution >= 4 is 16.8 Å². The van der Waals surface area contributed by atoms with Crippen LogP contribution in [0.4, 0.5) is 0 Å². The van der Waals surface area contributed by atoms with E-state index in [1.807, 2.05) is 35.2 Å². The summed E-state index contributed by atoms with van der Waals surface area (Å²) in [7, 11) is 0. The van der Waals surface area contributed by atoms with Crippen molar-refractivity contribution < 1.29 is 4.79 Å². The van der Waals surface area contributed by atoms with Crippen molar-refractivity contribution in [2.75, 3.05) is 13.1 Å². The second kappa shape index (κ2) is 4.72. The van der Waals surface area contributed by atoms with Crippen molar-refractivity contribution in [3.05, 3.63) is 36.0 Å². The van der Waals surface area contributed by atoms with Gasteiger partial charge in [-0.2, -0.15) is 0 Å². The number of nitrogens with one attached hydrogen (secondary N) is 1. The highest BCUT2D eigenvalue weighted by Crippen LogP contribution is 2.24. The number of rotatable bonds is 1. The molecule has 0 spiro atoms. The van der Waals surface area contributed by atoms with Crippen molar-refractivity contribution in [2.45, 2.75) is 20.3 Å². The van der Waals surface area contributed by atoms with Crippen LogP contribution < -0.4 is 0 Å². The molecule has 0 saturated carbocycles. The van der Waals surface area contributed by atoms with Gasteiger partial charge >= 0.3 is 0 Å². The fourth-order valence-electron chi connectivity index (χ4n) is 2.81. The van der Waals surface area contributed by atoms with Crippen molar-refractivity contribution in [3.63, 3.8) is 0 Å². The predicted octanol–water partition coefficient (Wildman–Crippen LogP) is 3.29. The summed E-state index contributed by atoms with van der Waals surface area (Å²) in [6, 6.07) is 9.98. The average molecular weight is 256 g/mol. The van der Waals surface area contributed by atoms with Gasteiger partial charge < -0.3 is 9.88 Å². The van der Waals surface area contributed by atoms with Crippen LogP contribution in [-0.4, -0.2) is 28.9 Å². The first-order chi connectivity index (χ1) is 9.15. The predicted molar refractivity (Wildman–Crippen MR) is 77.1 cm³/mol. The number of H-pyrrole nitrogens is 1. The van der Waals surface area contributed by atoms with E-state index in [1.165, 1.54) is 0 Å². The Morgan fingerprint density at radius 3 is 2.79 bits per heavy atom. The van der Waals surface area contributed by atoms with E-state index in [0.717, 1.165) is 30.4 Å². The van der Waals surface area contributed by atoms with Crippen LogP contribution in [0, 0.1) is 11.8 Å². The maximum absolute atomic E-state index is 12.5. The number of piperidine rings is 1. The summed E-state index contributed by atoms with van der Waals surface area (Å²) in [6.07, 6.45) is 1.10. The zero-order valence-corrected chi connectivity index (χ0v) is 11.5. The van der Waals surface area contributed by atoms with Crippen molar-refractivity contribution in [1.82, 2.24) is 9.88 Å². The van der Waals surface area contributed by atoms with Crippen LogP contribution in [0.25, 0.3) is 10.9 Å². The number of nitrogens with zero attached hydrogens (tertiary/aromatic N) is 1. The highest BCUT2D eigenvalue weighted by atomic mass is 16.2. The second-order valence-electron chi connectivity index (χ2n) is 5.76. The lowest BCUT2D eigenvalue weighted by atomic mass is 9.88. The number of benzene rings is 1. The third-order valence-electron chi connectivity index (χ3n) is 4.38. The summed E-state index contributed by atoms with van der Waals surface area (Å²) < 4.78 is 0. The monoisotopic (exact) mass is 256 g/mol. The van der Waals surface area contributed by atoms with Gasteiger partial charge in [-0.25, -0.2) is 0 Å². The molecule has 1 saturated heterocycles. The third-order valence-corrected chi connectivity index (χ3v) is 4.38. The summed E-state index contributed by atoms with van der Waals surface area (Å²) in [6.45, 7) is 6.25. The maximum atomic E-state index is 12.5. The molecule has 3 rings (SSSR count). The van der Waals surface area contributed by atoms with Crippen LogP contribution in [-0.2, 0) is 0 Å². The van der Waals surface area contributed by atoms with Gasteiger partial charge in [-0.15, -0.1) is 0 Å². The molecular formula is C16H20N2O. The minimum Gasteiger partial charge on any atom is -0.351 e. The van der Waals surface area contributed by atoms with Gasteiger partial charge in [0.2, 0.25) is 0 Å². The summed E-state index contributed by atoms with van der Waals surface area (Å²) in [5.74, 6) is 1.43. The maximum Gasteiger partial charge on any atom is 0.270 e. The SMILES string of the molecule is CC1CCN(C(=O)c2cc3ccccc3[nH]2)CC1C. The molecule has 3 heteroatoms. The molecule has 1 amide bonds. The number of likely N-dealkylation sites (tertiary alicyclic amines) is 1. The number of aromatic amines is 1. The lowest BCUT2D eigenvalue weighted by Crippen LogP contribution is -2.42. The highest BCUT2D eigenvalue weighted by molar-refractivity contribution is 5.98. The van der Waals surface area contributed by atoms with Crippen LogP contribution in [0.5, 0.6) is 0 Å². The van der Waals surface area contributed by atoms with Crippen LogP contribution >= 0.6 is 0 Å². The molecule has 2 unspecified atom stereocenters. The van der Waals surface area contributed by atoms with Gasteiger partial charge in [0.25, 0.3) is 5.91 Å². The van der Waals surface area contributed by atoms with E-state index in [1.54, 1.807) is 0 Å². The first-order valence-corrected chi connectivity index (χ1v) is 7.02. The van der Waals surface area contributed by atoms with E-state index < -0.39 is 0 Å². The van der Waals surface area contributed by atoms with Crippen molar-refractivity contribution in [1.29, 1.82) is 0 Å². The molecule has 3 nitrogen and oxygen atoms in total. The normalized spacial score (nSPS) is 23.8. The largest absolute Gasteiger partial charge is 0.351 e. The Balaban J connectivity index is 1.83. The van der Waals surface area contributed by atoms with E-state index in [4.69, 9.17) is 0 Å². The lowest BCUT2D eigenvalue weighted by Gasteiger charge is -2.35. The number of carbonyl (C=O) groups is 1. The Morgan fingerprint density at radius 1 is 1.26 bits per heavy atom. The highest BCUT2D eigenvalue weighted by Gasteiger charge is 2.27. The Bertz CT molecular complexity index is 569. The molecule has 2 heterocycles. The van der Waals surface area contributed by atoms with E-state index in [9.17, 15) is 4.79 Å². The van der Waals surface area contributed by atoms with Crippen molar-refractivity contribution in [3.8, 4) is 0 Å². The fourth-order valence-corrected chi connectivity index (χ4v) is 2.81. The fraction of sp³-hybridized carbons (Fsp3) is 0.438. The smallest absolute Gasteiger partial charge is 0.270 e. The molecule has 0 bridgehead atoms. The summed E-state index contributed by atoms with van der Waals surface area (Å²) >= 11 is 0. The van der Waals surface area contributed by atoms with Gasteiger partial charge in [0.1, 0.15) is 5.69 Å². The zero-order chi connectivity index (χ0) is 13.4. The molecule has 1 aromatic heterocycles. The second-order valence-corrected chi connectivity index (χ2v) is 5.76. The molecule has 2 aromatic rings. The number of aromatic nitrogens is 1. The molecular weight excluding hydrogens is 236 g/mol. The third kappa shape index (κ3) is 2.25. The van der Waals surface area contributed by atoms with Crippen LogP contribution in [0.1, 0.15) is 30.8 Å². The lowest BCUT2D eigenvalue weighted by molar-refractivity contribution is 0.0622. The van der Waals surface area contributed by atoms with Gasteiger partial charge in [0.15, 0.2) is 0 Å². The molecule has 1 N–H and O–H groups in total. The molecule has 1 fully saturated rings. The standard InChI is InChI=1S/C16H20N2O/c1-11-7-8-18(10-12(11)2)16(19)15-9-13-5-3-4-6-14(13)17-15/h3-6,9,11-12,17H,7-8,10H2,1-2H3. The van der Waals surface area contributed by atoms with Crippen molar-refractivity contribution in [2.24, 2.45) is 11.8 Å². The molecule has 0 aliphatic carbocycles. The Morgan fingerprint density at radius 2 is 2.05 bits per heavy atom. The molecule has 1 aliphatic rings. The molecule has 2 atom stereocenters. The van der Waals surface area contributed by atoms with Gasteiger partial charge in [0, 0.05) is 24.0 Å². The minimum atomic E-state index is 0.134. The number of fused-ring (bicyclic) bond motifs is 1. The van der Waals surface area contributed by atoms with Crippen LogP contribution in [0.3, 0.4) is 0 Å². The summed E-state index contributed by atoms with van der Waals surface area (Å²) in [4.78, 5) is 17.7. The number of carbonyl (C=O) groups excluding carboxylic acids is 1. The number of hydrogen-bond acceptors (Lipinski definition) is 1. The van der Waals surface area contributed by atoms with E-state index >= 15 is 0 Å². The molecule has 1 aromatic carbocycles. The topological polar surface area (TPSA) is 36.1 Å². The zero-order valence-electron chi connectivity index (χ0n) is 11.5. The van der Waals surface area contributed by atoms with Gasteiger partial charge in [-0.05, 0) is 30.4 Å². The van der Waals surface area contributed by atoms with E-state index in [2.05, 4.69) is 18.8 Å². The van der Waals surface area contributed by atoms with E-state index in [-0.39, 0.29) is 5.91 Å². The minimum absolute atomic E-state index is 0.134. The van der Waals surface area contributed by atoms with Gasteiger partial charge in [0.05, 0.1) is 0 Å². The quantitative estimate of drug-likeness (QED) is 0.835. The summed E-state index contributed by atoms with van der Waals surface area (Å²) in [5, 5.41) is 1.10. The number of amides is 1. The Hall–Kier alpha value is -1.77.